The second-order valence-corrected chi connectivity index (χ2v) is 6.70. The van der Waals surface area contributed by atoms with Gasteiger partial charge in [-0.3, -0.25) is 4.84 Å². The zero-order valence-electron chi connectivity index (χ0n) is 14.2. The van der Waals surface area contributed by atoms with E-state index in [0.29, 0.717) is 16.8 Å². The van der Waals surface area contributed by atoms with Gasteiger partial charge in [-0.2, -0.15) is 0 Å². The molecule has 0 bridgehead atoms. The van der Waals surface area contributed by atoms with Crippen LogP contribution in [0.2, 0.25) is 5.02 Å². The summed E-state index contributed by atoms with van der Waals surface area (Å²) < 4.78 is 14.6. The zero-order chi connectivity index (χ0) is 19.3. The first-order chi connectivity index (χ1) is 12.9. The van der Waals surface area contributed by atoms with Crippen LogP contribution in [-0.2, 0) is 9.63 Å². The Hall–Kier alpha value is -2.67. The monoisotopic (exact) mass is 387 g/mol. The van der Waals surface area contributed by atoms with Crippen LogP contribution in [0.25, 0.3) is 11.4 Å². The molecule has 1 aliphatic heterocycles. The number of rotatable bonds is 3. The Bertz CT molecular complexity index is 997. The number of hydrogen-bond donors (Lipinski definition) is 2. The molecular formula is C20H15ClFNO4. The average Bonchev–Trinajstić information content (AvgIpc) is 3.13. The maximum absolute atomic E-state index is 14.6. The Balaban J connectivity index is 1.95. The standard InChI is InChI=1S/C20H15ClFNO4/c1-10-17(20(25)26)19(18-13(21)7-4-8-14(18)22)23(27-10)15-9-16(24)12-6-3-2-5-11(12)15/h2-10,16,24H,1H3,(H,25,26). The second-order valence-electron chi connectivity index (χ2n) is 6.29. The zero-order valence-corrected chi connectivity index (χ0v) is 14.9. The molecule has 0 saturated carbocycles. The molecule has 0 fully saturated rings. The van der Waals surface area contributed by atoms with E-state index in [2.05, 4.69) is 0 Å². The topological polar surface area (TPSA) is 70.0 Å². The van der Waals surface area contributed by atoms with Crippen molar-refractivity contribution in [2.75, 3.05) is 0 Å². The highest BCUT2D eigenvalue weighted by atomic mass is 35.5. The fourth-order valence-electron chi connectivity index (χ4n) is 3.47. The van der Waals surface area contributed by atoms with E-state index in [4.69, 9.17) is 16.4 Å². The highest BCUT2D eigenvalue weighted by molar-refractivity contribution is 6.32. The van der Waals surface area contributed by atoms with Gasteiger partial charge in [-0.1, -0.05) is 41.9 Å². The summed E-state index contributed by atoms with van der Waals surface area (Å²) in [4.78, 5) is 17.7. The molecule has 2 atom stereocenters. The van der Waals surface area contributed by atoms with Crippen molar-refractivity contribution in [1.82, 2.24) is 5.06 Å². The first-order valence-corrected chi connectivity index (χ1v) is 8.66. The third-order valence-corrected chi connectivity index (χ3v) is 4.96. The van der Waals surface area contributed by atoms with E-state index >= 15 is 0 Å². The SMILES string of the molecule is CC1ON(C2=CC(O)c3ccccc32)C(c2c(F)cccc2Cl)=C1C(=O)O. The molecule has 2 aromatic carbocycles. The Morgan fingerprint density at radius 3 is 2.67 bits per heavy atom. The normalized spacial score (nSPS) is 21.5. The number of hydroxylamine groups is 2. The van der Waals surface area contributed by atoms with E-state index in [1.165, 1.54) is 29.3 Å². The number of nitrogens with zero attached hydrogens (tertiary/aromatic N) is 1. The van der Waals surface area contributed by atoms with E-state index in [-0.39, 0.29) is 21.9 Å². The van der Waals surface area contributed by atoms with Crippen molar-refractivity contribution in [2.24, 2.45) is 0 Å². The molecule has 4 rings (SSSR count). The lowest BCUT2D eigenvalue weighted by molar-refractivity contribution is -0.134. The molecule has 0 saturated heterocycles. The fourth-order valence-corrected chi connectivity index (χ4v) is 3.73. The summed E-state index contributed by atoms with van der Waals surface area (Å²) >= 11 is 6.21. The van der Waals surface area contributed by atoms with Crippen LogP contribution < -0.4 is 0 Å². The van der Waals surface area contributed by atoms with Crippen LogP contribution in [0.4, 0.5) is 4.39 Å². The van der Waals surface area contributed by atoms with E-state index in [9.17, 15) is 19.4 Å². The number of carboxylic acids is 1. The fraction of sp³-hybridized carbons (Fsp3) is 0.150. The van der Waals surface area contributed by atoms with Crippen molar-refractivity contribution >= 4 is 29.0 Å². The van der Waals surface area contributed by atoms with Crippen LogP contribution in [-0.4, -0.2) is 27.3 Å². The maximum atomic E-state index is 14.6. The lowest BCUT2D eigenvalue weighted by Gasteiger charge is -2.24. The number of benzene rings is 2. The molecule has 2 unspecified atom stereocenters. The molecule has 5 nitrogen and oxygen atoms in total. The number of aliphatic hydroxyl groups excluding tert-OH is 1. The number of aliphatic carboxylic acids is 1. The van der Waals surface area contributed by atoms with Gasteiger partial charge in [0.2, 0.25) is 0 Å². The third kappa shape index (κ3) is 2.73. The maximum Gasteiger partial charge on any atom is 0.336 e. The molecule has 2 aliphatic rings. The van der Waals surface area contributed by atoms with Crippen molar-refractivity contribution in [3.8, 4) is 0 Å². The van der Waals surface area contributed by atoms with Crippen molar-refractivity contribution in [3.05, 3.63) is 81.6 Å². The Labute approximate surface area is 159 Å². The molecule has 2 aromatic rings. The van der Waals surface area contributed by atoms with Crippen LogP contribution in [0.15, 0.2) is 54.1 Å². The predicted octanol–water partition coefficient (Wildman–Crippen LogP) is 4.00. The van der Waals surface area contributed by atoms with Crippen LogP contribution in [0.5, 0.6) is 0 Å². The first-order valence-electron chi connectivity index (χ1n) is 8.28. The van der Waals surface area contributed by atoms with Crippen LogP contribution >= 0.6 is 11.6 Å². The molecule has 0 spiro atoms. The van der Waals surface area contributed by atoms with Gasteiger partial charge >= 0.3 is 5.97 Å². The van der Waals surface area contributed by atoms with Crippen molar-refractivity contribution in [2.45, 2.75) is 19.1 Å². The summed E-state index contributed by atoms with van der Waals surface area (Å²) in [6.45, 7) is 1.57. The molecular weight excluding hydrogens is 373 g/mol. The van der Waals surface area contributed by atoms with Gasteiger partial charge in [-0.25, -0.2) is 14.2 Å². The van der Waals surface area contributed by atoms with Gasteiger partial charge in [0.15, 0.2) is 0 Å². The van der Waals surface area contributed by atoms with Gasteiger partial charge < -0.3 is 10.2 Å². The van der Waals surface area contributed by atoms with Gasteiger partial charge in [0.25, 0.3) is 0 Å². The quantitative estimate of drug-likeness (QED) is 0.833. The van der Waals surface area contributed by atoms with Gasteiger partial charge in [-0.15, -0.1) is 0 Å². The predicted molar refractivity (Wildman–Crippen MR) is 97.7 cm³/mol. The van der Waals surface area contributed by atoms with Crippen LogP contribution in [0, 0.1) is 5.82 Å². The average molecular weight is 388 g/mol. The summed E-state index contributed by atoms with van der Waals surface area (Å²) in [6, 6.07) is 11.3. The Kier molecular flexibility index (Phi) is 4.26. The van der Waals surface area contributed by atoms with Gasteiger partial charge in [0.05, 0.1) is 27.6 Å². The third-order valence-electron chi connectivity index (χ3n) is 4.65. The molecule has 138 valence electrons. The molecule has 0 amide bonds. The van der Waals surface area contributed by atoms with Crippen LogP contribution in [0.3, 0.4) is 0 Å². The second kappa shape index (κ2) is 6.49. The van der Waals surface area contributed by atoms with Crippen LogP contribution in [0.1, 0.15) is 29.7 Å². The van der Waals surface area contributed by atoms with Gasteiger partial charge in [0, 0.05) is 5.56 Å². The minimum absolute atomic E-state index is 0.0215. The summed E-state index contributed by atoms with van der Waals surface area (Å²) in [7, 11) is 0. The largest absolute Gasteiger partial charge is 0.478 e. The number of carboxylic acid groups (broad SMARTS) is 1. The summed E-state index contributed by atoms with van der Waals surface area (Å²) in [5.74, 6) is -1.89. The van der Waals surface area contributed by atoms with E-state index in [0.717, 1.165) is 0 Å². The lowest BCUT2D eigenvalue weighted by atomic mass is 10.0. The van der Waals surface area contributed by atoms with Gasteiger partial charge in [0.1, 0.15) is 18.0 Å². The van der Waals surface area contributed by atoms with Crippen molar-refractivity contribution < 1.29 is 24.2 Å². The number of aliphatic hydroxyl groups is 1. The number of carbonyl (C=O) groups is 1. The minimum Gasteiger partial charge on any atom is -0.478 e. The van der Waals surface area contributed by atoms with E-state index in [1.54, 1.807) is 31.2 Å². The van der Waals surface area contributed by atoms with E-state index in [1.807, 2.05) is 0 Å². The molecule has 2 N–H and O–H groups in total. The van der Waals surface area contributed by atoms with Crippen molar-refractivity contribution in [3.63, 3.8) is 0 Å². The highest BCUT2D eigenvalue weighted by Gasteiger charge is 2.41. The highest BCUT2D eigenvalue weighted by Crippen LogP contribution is 2.46. The van der Waals surface area contributed by atoms with E-state index < -0.39 is 24.0 Å². The summed E-state index contributed by atoms with van der Waals surface area (Å²) in [5, 5.41) is 21.4. The van der Waals surface area contributed by atoms with Crippen molar-refractivity contribution in [1.29, 1.82) is 0 Å². The molecule has 1 heterocycles. The number of hydrogen-bond acceptors (Lipinski definition) is 4. The molecule has 0 radical (unpaired) electrons. The smallest absolute Gasteiger partial charge is 0.336 e. The minimum atomic E-state index is -1.23. The summed E-state index contributed by atoms with van der Waals surface area (Å²) in [5.41, 5.74) is 1.63. The molecule has 27 heavy (non-hydrogen) atoms. The molecule has 0 aromatic heterocycles. The molecule has 1 aliphatic carbocycles. The lowest BCUT2D eigenvalue weighted by Crippen LogP contribution is -2.18. The number of fused-ring (bicyclic) bond motifs is 1. The van der Waals surface area contributed by atoms with Gasteiger partial charge in [-0.05, 0) is 30.7 Å². The molecule has 7 heteroatoms. The Morgan fingerprint density at radius 2 is 1.96 bits per heavy atom. The Morgan fingerprint density at radius 1 is 1.22 bits per heavy atom. The number of halogens is 2. The summed E-state index contributed by atoms with van der Waals surface area (Å²) in [6.07, 6.45) is -0.169. The first kappa shape index (κ1) is 17.7.